The molecule has 0 saturated carbocycles. The molecular weight excluding hydrogens is 1160 g/mol. The van der Waals surface area contributed by atoms with Gasteiger partial charge in [0.25, 0.3) is 0 Å². The fourth-order valence-corrected chi connectivity index (χ4v) is 27.3. The minimum Gasteiger partial charge on any atom is -0.0623 e. The molecule has 0 unspecified atom stereocenters. The van der Waals surface area contributed by atoms with Crippen LogP contribution in [-0.4, -0.2) is 13.7 Å². The molecule has 0 aromatic heterocycles. The molecule has 0 N–H and O–H groups in total. The molecule has 0 amide bonds. The zero-order chi connectivity index (χ0) is 52.6. The van der Waals surface area contributed by atoms with E-state index in [0.29, 0.717) is 0 Å². The SMILES string of the molecule is [F][Ge]([c]1ccccc1)([c]1ccccc1[PH+](c1ccccc1)c1ccccc1)[c]1ccccc1[PH+](c1ccccc1)c1ccccc1.[Pd].c1ccc([PH+](c2ccccc2)c2ccccc2)cc1.c1ccccc1.c1ccccc1. The van der Waals surface area contributed by atoms with Crippen LogP contribution in [0.3, 0.4) is 0 Å². The van der Waals surface area contributed by atoms with E-state index >= 15 is 3.50 Å². The molecule has 78 heavy (non-hydrogen) atoms. The molecule has 0 spiro atoms. The van der Waals surface area contributed by atoms with Gasteiger partial charge < -0.3 is 0 Å². The van der Waals surface area contributed by atoms with Gasteiger partial charge >= 0.3 is 278 Å². The second-order valence-electron chi connectivity index (χ2n) is 18.1. The number of benzene rings is 12. The zero-order valence-electron chi connectivity index (χ0n) is 43.3. The van der Waals surface area contributed by atoms with E-state index in [9.17, 15) is 0 Å². The molecular formula is C72H63FGeP3Pd+3. The summed E-state index contributed by atoms with van der Waals surface area (Å²) in [7, 11) is -3.93. The number of rotatable bonds is 12. The number of hydrogen-bond donors (Lipinski definition) is 0. The molecule has 0 nitrogen and oxygen atoms in total. The smallest absolute Gasteiger partial charge is 0.0623 e. The van der Waals surface area contributed by atoms with Crippen LogP contribution < -0.4 is 60.9 Å². The Hall–Kier alpha value is -6.93. The first kappa shape index (κ1) is 57.2. The summed E-state index contributed by atoms with van der Waals surface area (Å²) in [4.78, 5) is 0. The van der Waals surface area contributed by atoms with Crippen LogP contribution in [-0.2, 0) is 20.4 Å². The van der Waals surface area contributed by atoms with Crippen LogP contribution in [0.2, 0.25) is 0 Å². The van der Waals surface area contributed by atoms with Gasteiger partial charge in [0.15, 0.2) is 0 Å². The van der Waals surface area contributed by atoms with E-state index in [4.69, 9.17) is 0 Å². The van der Waals surface area contributed by atoms with Crippen LogP contribution in [0.5, 0.6) is 0 Å². The minimum atomic E-state index is -4.83. The van der Waals surface area contributed by atoms with Crippen molar-refractivity contribution in [2.24, 2.45) is 0 Å². The minimum absolute atomic E-state index is 0. The van der Waals surface area contributed by atoms with Gasteiger partial charge in [-0.25, -0.2) is 0 Å². The zero-order valence-corrected chi connectivity index (χ0v) is 50.0. The van der Waals surface area contributed by atoms with E-state index in [1.807, 2.05) is 115 Å². The molecule has 12 aromatic carbocycles. The number of halogens is 1. The van der Waals surface area contributed by atoms with Crippen molar-refractivity contribution in [1.29, 1.82) is 0 Å². The van der Waals surface area contributed by atoms with Crippen LogP contribution in [0.25, 0.3) is 0 Å². The summed E-state index contributed by atoms with van der Waals surface area (Å²) in [6.45, 7) is 0. The van der Waals surface area contributed by atoms with Gasteiger partial charge in [0.2, 0.25) is 0 Å². The molecule has 12 aromatic rings. The molecule has 0 aliphatic heterocycles. The summed E-state index contributed by atoms with van der Waals surface area (Å²) in [5.41, 5.74) is 0. The van der Waals surface area contributed by atoms with E-state index < -0.39 is 37.5 Å². The molecule has 384 valence electrons. The first-order valence-corrected chi connectivity index (χ1v) is 34.6. The third-order valence-electron chi connectivity index (χ3n) is 13.1. The topological polar surface area (TPSA) is 0 Å². The summed E-state index contributed by atoms with van der Waals surface area (Å²) in [5, 5.41) is 11.6. The van der Waals surface area contributed by atoms with Gasteiger partial charge in [-0.3, -0.25) is 0 Å². The Balaban J connectivity index is 0.000000203. The summed E-state index contributed by atoms with van der Waals surface area (Å²) < 4.78 is 22.1. The van der Waals surface area contributed by atoms with Gasteiger partial charge in [-0.05, 0) is 36.4 Å². The first-order valence-electron chi connectivity index (χ1n) is 26.1. The van der Waals surface area contributed by atoms with Crippen molar-refractivity contribution in [2.45, 2.75) is 0 Å². The largest absolute Gasteiger partial charge is 0.102 e. The van der Waals surface area contributed by atoms with Crippen molar-refractivity contribution in [3.05, 3.63) is 364 Å². The van der Waals surface area contributed by atoms with Crippen LogP contribution in [0.1, 0.15) is 0 Å². The predicted octanol–water partition coefficient (Wildman–Crippen LogP) is 12.2. The van der Waals surface area contributed by atoms with E-state index in [-0.39, 0.29) is 20.4 Å². The molecule has 0 radical (unpaired) electrons. The number of hydrogen-bond acceptors (Lipinski definition) is 0. The van der Waals surface area contributed by atoms with Gasteiger partial charge in [0, 0.05) is 20.4 Å². The van der Waals surface area contributed by atoms with Crippen molar-refractivity contribution in [2.75, 3.05) is 0 Å². The normalized spacial score (nSPS) is 10.6. The Morgan fingerprint density at radius 1 is 0.192 bits per heavy atom. The summed E-state index contributed by atoms with van der Waals surface area (Å²) in [6, 6.07) is 126. The van der Waals surface area contributed by atoms with E-state index in [1.165, 1.54) is 37.1 Å². The second kappa shape index (κ2) is 30.9. The third kappa shape index (κ3) is 15.2. The molecule has 6 heteroatoms. The van der Waals surface area contributed by atoms with Gasteiger partial charge in [-0.2, -0.15) is 0 Å². The molecule has 0 bridgehead atoms. The van der Waals surface area contributed by atoms with Crippen molar-refractivity contribution in [3.8, 4) is 0 Å². The summed E-state index contributed by atoms with van der Waals surface area (Å²) >= 11 is -4.83. The van der Waals surface area contributed by atoms with Crippen LogP contribution in [0, 0.1) is 0 Å². The van der Waals surface area contributed by atoms with E-state index in [1.54, 1.807) is 0 Å². The first-order chi connectivity index (χ1) is 38.2. The quantitative estimate of drug-likeness (QED) is 0.0845. The Bertz CT molecular complexity index is 3140. The van der Waals surface area contributed by atoms with Gasteiger partial charge in [0.1, 0.15) is 15.9 Å². The Morgan fingerprint density at radius 3 is 0.590 bits per heavy atom. The van der Waals surface area contributed by atoms with E-state index in [0.717, 1.165) is 23.8 Å². The fourth-order valence-electron chi connectivity index (χ4n) is 9.59. The molecule has 0 atom stereocenters. The van der Waals surface area contributed by atoms with Gasteiger partial charge in [0.05, 0.1) is 7.92 Å². The van der Waals surface area contributed by atoms with E-state index in [2.05, 4.69) is 249 Å². The third-order valence-corrected chi connectivity index (χ3v) is 29.8. The second-order valence-corrected chi connectivity index (χ2v) is 31.7. The van der Waals surface area contributed by atoms with Crippen molar-refractivity contribution in [1.82, 2.24) is 0 Å². The molecule has 0 aliphatic rings. The fraction of sp³-hybridized carbons (Fsp3) is 0. The maximum Gasteiger partial charge on any atom is 0.102 e. The Kier molecular flexibility index (Phi) is 22.6. The Labute approximate surface area is 482 Å². The maximum atomic E-state index is 19.5. The summed E-state index contributed by atoms with van der Waals surface area (Å²) in [6.07, 6.45) is 0. The predicted molar refractivity (Wildman–Crippen MR) is 345 cm³/mol. The van der Waals surface area contributed by atoms with Crippen LogP contribution in [0.4, 0.5) is 3.50 Å². The standard InChI is InChI=1S/C42H33FGeP2.C18H15P.2C6H6.Pd/c43-44(34-20-6-1-7-21-34,39-30-16-18-32-41(39)45(35-22-8-2-9-23-35)36-24-10-3-11-25-36)40-31-17-19-33-42(40)46(37-26-12-4-13-27-37)38-28-14-5-15-29-38;1-4-10-16(11-5-1)19(17-12-6-2-7-13-17)18-14-8-3-9-15-18;2*1-2-4-6-5-3-1;/h1-33H;1-15H;2*1-6H;/p+3. The van der Waals surface area contributed by atoms with Gasteiger partial charge in [-0.1, -0.05) is 127 Å². The molecule has 0 aliphatic carbocycles. The van der Waals surface area contributed by atoms with Gasteiger partial charge in [-0.15, -0.1) is 0 Å². The average Bonchev–Trinajstić information content (AvgIpc) is 3.62. The average molecular weight is 1220 g/mol. The van der Waals surface area contributed by atoms with Crippen molar-refractivity contribution in [3.63, 3.8) is 0 Å². The van der Waals surface area contributed by atoms with Crippen LogP contribution >= 0.6 is 23.8 Å². The monoisotopic (exact) mass is 1220 g/mol. The Morgan fingerprint density at radius 2 is 0.359 bits per heavy atom. The molecule has 0 heterocycles. The van der Waals surface area contributed by atoms with Crippen LogP contribution in [0.15, 0.2) is 364 Å². The molecule has 0 saturated heterocycles. The summed E-state index contributed by atoms with van der Waals surface area (Å²) in [5.74, 6) is 0. The van der Waals surface area contributed by atoms with Crippen molar-refractivity contribution < 1.29 is 23.9 Å². The molecule has 0 fully saturated rings. The van der Waals surface area contributed by atoms with Crippen molar-refractivity contribution >= 4 is 98.4 Å². The molecule has 12 rings (SSSR count). The maximum absolute atomic E-state index is 19.5.